The molecule has 1 aliphatic carbocycles. The minimum Gasteiger partial charge on any atom is -0.391 e. The summed E-state index contributed by atoms with van der Waals surface area (Å²) in [7, 11) is 11.7. The Hall–Kier alpha value is -0.530. The number of likely N-dealkylation sites (N-methyl/N-ethyl adjacent to an activating group) is 1. The van der Waals surface area contributed by atoms with E-state index in [0.717, 1.165) is 31.8 Å². The van der Waals surface area contributed by atoms with E-state index in [9.17, 15) is 4.79 Å². The van der Waals surface area contributed by atoms with Crippen LogP contribution in [0.1, 0.15) is 39.5 Å². The van der Waals surface area contributed by atoms with Gasteiger partial charge in [-0.3, -0.25) is 4.90 Å². The number of hydrogen-bond donors (Lipinski definition) is 2. The van der Waals surface area contributed by atoms with Crippen LogP contribution in [0.4, 0.5) is 0 Å². The summed E-state index contributed by atoms with van der Waals surface area (Å²) in [6.45, 7) is 5.97. The highest BCUT2D eigenvalue weighted by Gasteiger charge is 2.25. The third-order valence-electron chi connectivity index (χ3n) is 2.67. The highest BCUT2D eigenvalue weighted by molar-refractivity contribution is 5.52. The highest BCUT2D eigenvalue weighted by Crippen LogP contribution is 2.24. The van der Waals surface area contributed by atoms with Crippen molar-refractivity contribution in [2.75, 3.05) is 62.0 Å². The summed E-state index contributed by atoms with van der Waals surface area (Å²) in [6, 6.07) is 0.722. The molecule has 0 bridgehead atoms. The SMILES string of the molecule is CC.CN(C)C.CN(CC=O)C1CC1.CNC.OC1CCCOC1. The Labute approximate surface area is 150 Å². The van der Waals surface area contributed by atoms with Gasteiger partial charge in [0.1, 0.15) is 6.29 Å². The van der Waals surface area contributed by atoms with Gasteiger partial charge in [-0.05, 0) is 68.0 Å². The van der Waals surface area contributed by atoms with Crippen molar-refractivity contribution in [2.24, 2.45) is 0 Å². The number of hydrogen-bond acceptors (Lipinski definition) is 6. The van der Waals surface area contributed by atoms with Crippen molar-refractivity contribution < 1.29 is 14.6 Å². The predicted molar refractivity (Wildman–Crippen MR) is 104 cm³/mol. The largest absolute Gasteiger partial charge is 0.391 e. The minimum atomic E-state index is -0.186. The molecule has 6 nitrogen and oxygen atoms in total. The quantitative estimate of drug-likeness (QED) is 0.753. The lowest BCUT2D eigenvalue weighted by atomic mass is 10.2. The lowest BCUT2D eigenvalue weighted by Gasteiger charge is -2.15. The van der Waals surface area contributed by atoms with Crippen molar-refractivity contribution in [1.29, 1.82) is 0 Å². The van der Waals surface area contributed by atoms with E-state index >= 15 is 0 Å². The first-order valence-electron chi connectivity index (χ1n) is 8.98. The maximum Gasteiger partial charge on any atom is 0.133 e. The second-order valence-corrected chi connectivity index (χ2v) is 6.05. The summed E-state index contributed by atoms with van der Waals surface area (Å²) >= 11 is 0. The average molecular weight is 350 g/mol. The van der Waals surface area contributed by atoms with Gasteiger partial charge in [0, 0.05) is 12.6 Å². The Bertz CT molecular complexity index is 229. The van der Waals surface area contributed by atoms with E-state index in [1.807, 2.05) is 61.0 Å². The molecule has 1 atom stereocenters. The number of ether oxygens (including phenoxy) is 1. The van der Waals surface area contributed by atoms with E-state index in [4.69, 9.17) is 9.84 Å². The van der Waals surface area contributed by atoms with Crippen molar-refractivity contribution in [2.45, 2.75) is 51.7 Å². The molecule has 24 heavy (non-hydrogen) atoms. The standard InChI is InChI=1S/C6H11NO.C5H10O2.C3H9N.C2H7N.C2H6/c1-7(4-5-8)6-2-3-6;6-5-2-1-3-7-4-5;1-4(2)3;1-3-2;1-2/h5-6H,2-4H2,1H3;5-6H,1-4H2;1-3H3;3H,1-2H3;1-2H3. The number of aliphatic hydroxyl groups excluding tert-OH is 1. The fourth-order valence-electron chi connectivity index (χ4n) is 1.51. The van der Waals surface area contributed by atoms with Gasteiger partial charge in [-0.1, -0.05) is 13.8 Å². The molecule has 0 aromatic heterocycles. The summed E-state index contributed by atoms with van der Waals surface area (Å²) < 4.78 is 4.93. The number of carbonyl (C=O) groups excluding carboxylic acids is 1. The van der Waals surface area contributed by atoms with E-state index in [2.05, 4.69) is 10.2 Å². The second kappa shape index (κ2) is 22.5. The number of nitrogens with one attached hydrogen (secondary N) is 1. The lowest BCUT2D eigenvalue weighted by Crippen LogP contribution is -2.22. The van der Waals surface area contributed by atoms with E-state index in [1.54, 1.807) is 0 Å². The van der Waals surface area contributed by atoms with Crippen molar-refractivity contribution in [3.63, 3.8) is 0 Å². The van der Waals surface area contributed by atoms with Gasteiger partial charge in [0.15, 0.2) is 0 Å². The van der Waals surface area contributed by atoms with Crippen LogP contribution in [0.25, 0.3) is 0 Å². The van der Waals surface area contributed by atoms with Gasteiger partial charge in [-0.2, -0.15) is 0 Å². The Morgan fingerprint density at radius 2 is 1.58 bits per heavy atom. The number of aliphatic hydroxyl groups is 1. The average Bonchev–Trinajstić information content (AvgIpc) is 3.36. The first-order chi connectivity index (χ1) is 11.4. The van der Waals surface area contributed by atoms with Crippen LogP contribution in [0, 0.1) is 0 Å². The molecule has 1 heterocycles. The fraction of sp³-hybridized carbons (Fsp3) is 0.944. The number of aldehydes is 1. The summed E-state index contributed by atoms with van der Waals surface area (Å²) in [6.07, 6.45) is 5.27. The highest BCUT2D eigenvalue weighted by atomic mass is 16.5. The van der Waals surface area contributed by atoms with Gasteiger partial charge in [0.05, 0.1) is 19.3 Å². The van der Waals surface area contributed by atoms with Crippen LogP contribution in [0.2, 0.25) is 0 Å². The summed E-state index contributed by atoms with van der Waals surface area (Å²) in [5.41, 5.74) is 0. The van der Waals surface area contributed by atoms with Crippen molar-refractivity contribution in [3.8, 4) is 0 Å². The predicted octanol–water partition coefficient (Wildman–Crippen LogP) is 1.48. The molecule has 1 unspecified atom stereocenters. The zero-order valence-electron chi connectivity index (χ0n) is 17.3. The molecule has 6 heteroatoms. The molecule has 0 amide bonds. The number of rotatable bonds is 3. The smallest absolute Gasteiger partial charge is 0.133 e. The Morgan fingerprint density at radius 1 is 1.12 bits per heavy atom. The molecule has 1 saturated carbocycles. The molecule has 2 rings (SSSR count). The molecule has 148 valence electrons. The van der Waals surface area contributed by atoms with Crippen LogP contribution in [-0.2, 0) is 9.53 Å². The molecule has 2 aliphatic rings. The molecule has 0 aromatic carbocycles. The molecule has 1 aliphatic heterocycles. The summed E-state index contributed by atoms with van der Waals surface area (Å²) in [4.78, 5) is 14.0. The zero-order valence-corrected chi connectivity index (χ0v) is 17.3. The van der Waals surface area contributed by atoms with Crippen LogP contribution in [0.5, 0.6) is 0 Å². The molecular formula is C18H43N3O3. The Balaban J connectivity index is -0.000000253. The van der Waals surface area contributed by atoms with E-state index in [0.29, 0.717) is 13.2 Å². The first kappa shape index (κ1) is 28.3. The van der Waals surface area contributed by atoms with E-state index < -0.39 is 0 Å². The lowest BCUT2D eigenvalue weighted by molar-refractivity contribution is -0.108. The van der Waals surface area contributed by atoms with Gasteiger partial charge >= 0.3 is 0 Å². The topological polar surface area (TPSA) is 65.0 Å². The molecule has 2 fully saturated rings. The van der Waals surface area contributed by atoms with E-state index in [1.165, 1.54) is 12.8 Å². The van der Waals surface area contributed by atoms with Gasteiger partial charge in [0.25, 0.3) is 0 Å². The van der Waals surface area contributed by atoms with Crippen LogP contribution in [0.3, 0.4) is 0 Å². The van der Waals surface area contributed by atoms with Gasteiger partial charge in [-0.15, -0.1) is 0 Å². The summed E-state index contributed by atoms with van der Waals surface area (Å²) in [5, 5.41) is 11.5. The maximum atomic E-state index is 9.91. The molecule has 2 N–H and O–H groups in total. The normalized spacial score (nSPS) is 18.5. The second-order valence-electron chi connectivity index (χ2n) is 6.05. The zero-order chi connectivity index (χ0) is 19.4. The maximum absolute atomic E-state index is 9.91. The Morgan fingerprint density at radius 3 is 1.79 bits per heavy atom. The molecule has 0 aromatic rings. The first-order valence-corrected chi connectivity index (χ1v) is 8.98. The van der Waals surface area contributed by atoms with E-state index in [-0.39, 0.29) is 6.10 Å². The molecule has 1 saturated heterocycles. The van der Waals surface area contributed by atoms with Crippen LogP contribution < -0.4 is 5.32 Å². The van der Waals surface area contributed by atoms with Crippen LogP contribution >= 0.6 is 0 Å². The van der Waals surface area contributed by atoms with Crippen molar-refractivity contribution in [3.05, 3.63) is 0 Å². The fourth-order valence-corrected chi connectivity index (χ4v) is 1.51. The Kier molecular flexibility index (Phi) is 26.5. The van der Waals surface area contributed by atoms with Crippen LogP contribution in [0.15, 0.2) is 0 Å². The molecule has 0 radical (unpaired) electrons. The van der Waals surface area contributed by atoms with Crippen molar-refractivity contribution >= 4 is 6.29 Å². The monoisotopic (exact) mass is 349 g/mol. The van der Waals surface area contributed by atoms with Gasteiger partial charge < -0.3 is 24.9 Å². The number of nitrogens with zero attached hydrogens (tertiary/aromatic N) is 2. The molecule has 0 spiro atoms. The van der Waals surface area contributed by atoms with Gasteiger partial charge in [0.2, 0.25) is 0 Å². The molecular weight excluding hydrogens is 306 g/mol. The third-order valence-corrected chi connectivity index (χ3v) is 2.67. The van der Waals surface area contributed by atoms with Gasteiger partial charge in [-0.25, -0.2) is 0 Å². The van der Waals surface area contributed by atoms with Crippen LogP contribution in [-0.4, -0.2) is 95.4 Å². The van der Waals surface area contributed by atoms with Crippen molar-refractivity contribution in [1.82, 2.24) is 15.1 Å². The minimum absolute atomic E-state index is 0.186. The summed E-state index contributed by atoms with van der Waals surface area (Å²) in [5.74, 6) is 0. The third kappa shape index (κ3) is 29.5. The number of carbonyl (C=O) groups is 1.